The number of benzene rings is 1. The SMILES string of the molecule is C=C[C@@H]1c2c(O)cccc2CC[C@@H]1C. The summed E-state index contributed by atoms with van der Waals surface area (Å²) in [6, 6.07) is 5.80. The Morgan fingerprint density at radius 3 is 3.00 bits per heavy atom. The van der Waals surface area contributed by atoms with E-state index >= 15 is 0 Å². The highest BCUT2D eigenvalue weighted by atomic mass is 16.3. The van der Waals surface area contributed by atoms with Crippen LogP contribution >= 0.6 is 0 Å². The third kappa shape index (κ3) is 1.33. The van der Waals surface area contributed by atoms with Gasteiger partial charge in [0.1, 0.15) is 5.75 Å². The first-order valence-corrected chi connectivity index (χ1v) is 5.17. The van der Waals surface area contributed by atoms with E-state index in [0.29, 0.717) is 17.6 Å². The minimum absolute atomic E-state index is 0.319. The van der Waals surface area contributed by atoms with Crippen LogP contribution in [0.25, 0.3) is 0 Å². The van der Waals surface area contributed by atoms with Crippen LogP contribution in [0, 0.1) is 5.92 Å². The number of hydrogen-bond acceptors (Lipinski definition) is 1. The second-order valence-corrected chi connectivity index (χ2v) is 4.13. The fourth-order valence-corrected chi connectivity index (χ4v) is 2.40. The van der Waals surface area contributed by atoms with E-state index in [2.05, 4.69) is 19.6 Å². The largest absolute Gasteiger partial charge is 0.508 e. The molecule has 1 N–H and O–H groups in total. The van der Waals surface area contributed by atoms with Gasteiger partial charge in [-0.05, 0) is 30.4 Å². The van der Waals surface area contributed by atoms with Gasteiger partial charge in [-0.1, -0.05) is 25.1 Å². The van der Waals surface area contributed by atoms with Crippen molar-refractivity contribution in [2.75, 3.05) is 0 Å². The lowest BCUT2D eigenvalue weighted by atomic mass is 9.76. The number of aromatic hydroxyl groups is 1. The molecule has 0 spiro atoms. The van der Waals surface area contributed by atoms with Gasteiger partial charge in [0.15, 0.2) is 0 Å². The molecule has 1 aliphatic rings. The van der Waals surface area contributed by atoms with Crippen LogP contribution in [-0.4, -0.2) is 5.11 Å². The molecule has 0 bridgehead atoms. The Labute approximate surface area is 85.1 Å². The lowest BCUT2D eigenvalue weighted by molar-refractivity contribution is 0.416. The van der Waals surface area contributed by atoms with E-state index in [1.54, 1.807) is 6.07 Å². The van der Waals surface area contributed by atoms with Gasteiger partial charge < -0.3 is 5.11 Å². The second kappa shape index (κ2) is 3.49. The molecular weight excluding hydrogens is 172 g/mol. The summed E-state index contributed by atoms with van der Waals surface area (Å²) in [4.78, 5) is 0. The van der Waals surface area contributed by atoms with Gasteiger partial charge in [-0.3, -0.25) is 0 Å². The molecule has 0 radical (unpaired) electrons. The van der Waals surface area contributed by atoms with Crippen LogP contribution in [0.2, 0.25) is 0 Å². The van der Waals surface area contributed by atoms with Gasteiger partial charge in [-0.2, -0.15) is 0 Å². The second-order valence-electron chi connectivity index (χ2n) is 4.13. The standard InChI is InChI=1S/C13H16O/c1-3-11-9(2)7-8-10-5-4-6-12(14)13(10)11/h3-6,9,11,14H,1,7-8H2,2H3/t9-,11-/m0/s1. The van der Waals surface area contributed by atoms with Crippen molar-refractivity contribution in [3.8, 4) is 5.75 Å². The third-order valence-corrected chi connectivity index (χ3v) is 3.24. The van der Waals surface area contributed by atoms with Crippen molar-refractivity contribution in [2.45, 2.75) is 25.7 Å². The summed E-state index contributed by atoms with van der Waals surface area (Å²) in [5.41, 5.74) is 2.38. The van der Waals surface area contributed by atoms with Crippen molar-refractivity contribution in [3.63, 3.8) is 0 Å². The predicted octanol–water partition coefficient (Wildman–Crippen LogP) is 3.24. The van der Waals surface area contributed by atoms with Crippen molar-refractivity contribution < 1.29 is 5.11 Å². The van der Waals surface area contributed by atoms with E-state index in [4.69, 9.17) is 0 Å². The summed E-state index contributed by atoms with van der Waals surface area (Å²) < 4.78 is 0. The van der Waals surface area contributed by atoms with Crippen LogP contribution in [0.15, 0.2) is 30.9 Å². The lowest BCUT2D eigenvalue weighted by Crippen LogP contribution is -2.16. The van der Waals surface area contributed by atoms with Crippen molar-refractivity contribution in [1.29, 1.82) is 0 Å². The van der Waals surface area contributed by atoms with Crippen LogP contribution in [0.5, 0.6) is 5.75 Å². The molecule has 2 atom stereocenters. The smallest absolute Gasteiger partial charge is 0.119 e. The van der Waals surface area contributed by atoms with Gasteiger partial charge in [0, 0.05) is 11.5 Å². The van der Waals surface area contributed by atoms with E-state index in [0.717, 1.165) is 12.0 Å². The van der Waals surface area contributed by atoms with Crippen LogP contribution < -0.4 is 0 Å². The maximum atomic E-state index is 9.83. The van der Waals surface area contributed by atoms with Crippen molar-refractivity contribution in [3.05, 3.63) is 42.0 Å². The molecule has 0 saturated carbocycles. The molecule has 0 amide bonds. The highest BCUT2D eigenvalue weighted by Gasteiger charge is 2.26. The summed E-state index contributed by atoms with van der Waals surface area (Å²) in [5, 5.41) is 9.83. The number of fused-ring (bicyclic) bond motifs is 1. The molecule has 0 aromatic heterocycles. The predicted molar refractivity (Wildman–Crippen MR) is 58.5 cm³/mol. The van der Waals surface area contributed by atoms with Gasteiger partial charge in [-0.15, -0.1) is 6.58 Å². The maximum absolute atomic E-state index is 9.83. The number of rotatable bonds is 1. The highest BCUT2D eigenvalue weighted by Crippen LogP contribution is 2.41. The van der Waals surface area contributed by atoms with Gasteiger partial charge in [0.05, 0.1) is 0 Å². The number of phenols is 1. The number of aryl methyl sites for hydroxylation is 1. The van der Waals surface area contributed by atoms with E-state index in [1.807, 2.05) is 12.1 Å². The van der Waals surface area contributed by atoms with E-state index in [-0.39, 0.29) is 0 Å². The normalized spacial score (nSPS) is 25.5. The van der Waals surface area contributed by atoms with Crippen molar-refractivity contribution in [2.24, 2.45) is 5.92 Å². The molecule has 0 fully saturated rings. The molecule has 0 unspecified atom stereocenters. The van der Waals surface area contributed by atoms with Crippen LogP contribution in [0.3, 0.4) is 0 Å². The van der Waals surface area contributed by atoms with E-state index in [9.17, 15) is 5.11 Å². The van der Waals surface area contributed by atoms with E-state index in [1.165, 1.54) is 12.0 Å². The Bertz CT molecular complexity index is 354. The fourth-order valence-electron chi connectivity index (χ4n) is 2.40. The molecule has 1 aromatic rings. The Morgan fingerprint density at radius 1 is 1.50 bits per heavy atom. The van der Waals surface area contributed by atoms with E-state index < -0.39 is 0 Å². The molecular formula is C13H16O. The third-order valence-electron chi connectivity index (χ3n) is 3.24. The minimum atomic E-state index is 0.319. The number of phenolic OH excluding ortho intramolecular Hbond substituents is 1. The molecule has 1 heteroatoms. The topological polar surface area (TPSA) is 20.2 Å². The zero-order chi connectivity index (χ0) is 10.1. The molecule has 1 nitrogen and oxygen atoms in total. The molecule has 14 heavy (non-hydrogen) atoms. The molecule has 0 heterocycles. The average Bonchev–Trinajstić information content (AvgIpc) is 2.19. The fraction of sp³-hybridized carbons (Fsp3) is 0.385. The number of hydrogen-bond donors (Lipinski definition) is 1. The zero-order valence-corrected chi connectivity index (χ0v) is 8.53. The zero-order valence-electron chi connectivity index (χ0n) is 8.53. The Balaban J connectivity index is 2.54. The van der Waals surface area contributed by atoms with Crippen molar-refractivity contribution >= 4 is 0 Å². The summed E-state index contributed by atoms with van der Waals surface area (Å²) in [7, 11) is 0. The first-order chi connectivity index (χ1) is 6.74. The maximum Gasteiger partial charge on any atom is 0.119 e. The Morgan fingerprint density at radius 2 is 2.29 bits per heavy atom. The van der Waals surface area contributed by atoms with Gasteiger partial charge >= 0.3 is 0 Å². The molecule has 0 saturated heterocycles. The van der Waals surface area contributed by atoms with Crippen LogP contribution in [-0.2, 0) is 6.42 Å². The van der Waals surface area contributed by atoms with Gasteiger partial charge in [0.2, 0.25) is 0 Å². The summed E-state index contributed by atoms with van der Waals surface area (Å²) in [6.45, 7) is 6.09. The minimum Gasteiger partial charge on any atom is -0.508 e. The molecule has 1 aromatic carbocycles. The molecule has 74 valence electrons. The van der Waals surface area contributed by atoms with Crippen molar-refractivity contribution in [1.82, 2.24) is 0 Å². The monoisotopic (exact) mass is 188 g/mol. The number of allylic oxidation sites excluding steroid dienone is 1. The van der Waals surface area contributed by atoms with Gasteiger partial charge in [-0.25, -0.2) is 0 Å². The lowest BCUT2D eigenvalue weighted by Gasteiger charge is -2.29. The highest BCUT2D eigenvalue weighted by molar-refractivity contribution is 5.45. The first-order valence-electron chi connectivity index (χ1n) is 5.17. The van der Waals surface area contributed by atoms with Crippen LogP contribution in [0.1, 0.15) is 30.4 Å². The quantitative estimate of drug-likeness (QED) is 0.671. The summed E-state index contributed by atoms with van der Waals surface area (Å²) in [5.74, 6) is 1.34. The average molecular weight is 188 g/mol. The summed E-state index contributed by atoms with van der Waals surface area (Å²) in [6.07, 6.45) is 4.23. The van der Waals surface area contributed by atoms with Crippen LogP contribution in [0.4, 0.5) is 0 Å². The summed E-state index contributed by atoms with van der Waals surface area (Å²) >= 11 is 0. The Hall–Kier alpha value is -1.24. The molecule has 2 rings (SSSR count). The Kier molecular flexibility index (Phi) is 2.32. The molecule has 0 aliphatic heterocycles. The van der Waals surface area contributed by atoms with Gasteiger partial charge in [0.25, 0.3) is 0 Å². The first kappa shape index (κ1) is 9.32. The molecule has 1 aliphatic carbocycles.